The minimum atomic E-state index is -0.797. The minimum Gasteiger partial charge on any atom is -0.487 e. The quantitative estimate of drug-likeness (QED) is 0.907. The average Bonchev–Trinajstić information content (AvgIpc) is 2.73. The van der Waals surface area contributed by atoms with Crippen LogP contribution in [-0.2, 0) is 6.61 Å². The van der Waals surface area contributed by atoms with Crippen molar-refractivity contribution in [2.45, 2.75) is 26.6 Å². The van der Waals surface area contributed by atoms with Crippen LogP contribution in [-0.4, -0.2) is 10.3 Å². The summed E-state index contributed by atoms with van der Waals surface area (Å²) in [6.45, 7) is 3.56. The van der Waals surface area contributed by atoms with Gasteiger partial charge in [-0.25, -0.2) is 4.39 Å². The van der Waals surface area contributed by atoms with E-state index in [4.69, 9.17) is 9.26 Å². The van der Waals surface area contributed by atoms with Crippen molar-refractivity contribution < 1.29 is 18.8 Å². The third-order valence-corrected chi connectivity index (χ3v) is 2.47. The van der Waals surface area contributed by atoms with Gasteiger partial charge in [0.2, 0.25) is 0 Å². The van der Waals surface area contributed by atoms with Crippen LogP contribution in [0.5, 0.6) is 5.75 Å². The van der Waals surface area contributed by atoms with Gasteiger partial charge in [-0.2, -0.15) is 0 Å². The summed E-state index contributed by atoms with van der Waals surface area (Å²) < 4.78 is 23.5. The summed E-state index contributed by atoms with van der Waals surface area (Å²) in [5, 5.41) is 13.3. The van der Waals surface area contributed by atoms with Gasteiger partial charge in [0.05, 0.1) is 6.10 Å². The molecular formula is C13H14FNO3. The molecule has 0 aliphatic rings. The Balaban J connectivity index is 2.13. The Kier molecular flexibility index (Phi) is 3.62. The van der Waals surface area contributed by atoms with Gasteiger partial charge in [-0.05, 0) is 32.0 Å². The van der Waals surface area contributed by atoms with Crippen LogP contribution in [0.15, 0.2) is 28.8 Å². The molecule has 18 heavy (non-hydrogen) atoms. The summed E-state index contributed by atoms with van der Waals surface area (Å²) in [6, 6.07) is 5.79. The molecule has 0 amide bonds. The van der Waals surface area contributed by atoms with Crippen LogP contribution in [0.3, 0.4) is 0 Å². The van der Waals surface area contributed by atoms with E-state index in [0.717, 1.165) is 0 Å². The molecule has 1 N–H and O–H groups in total. The SMILES string of the molecule is Cc1cc(COc2ccc(F)cc2[C@H](C)O)no1. The molecule has 0 radical (unpaired) electrons. The molecular weight excluding hydrogens is 237 g/mol. The number of hydrogen-bond donors (Lipinski definition) is 1. The maximum absolute atomic E-state index is 13.1. The second kappa shape index (κ2) is 5.18. The van der Waals surface area contributed by atoms with E-state index in [1.54, 1.807) is 19.9 Å². The van der Waals surface area contributed by atoms with Crippen molar-refractivity contribution in [2.75, 3.05) is 0 Å². The number of rotatable bonds is 4. The lowest BCUT2D eigenvalue weighted by molar-refractivity contribution is 0.189. The molecule has 1 heterocycles. The maximum atomic E-state index is 13.1. The van der Waals surface area contributed by atoms with E-state index in [1.165, 1.54) is 18.2 Å². The molecule has 2 rings (SSSR count). The molecule has 5 heteroatoms. The Labute approximate surface area is 104 Å². The van der Waals surface area contributed by atoms with Crippen molar-refractivity contribution in [1.29, 1.82) is 0 Å². The average molecular weight is 251 g/mol. The molecule has 0 spiro atoms. The molecule has 1 atom stereocenters. The van der Waals surface area contributed by atoms with Gasteiger partial charge in [-0.3, -0.25) is 0 Å². The standard InChI is InChI=1S/C13H14FNO3/c1-8-5-11(15-18-8)7-17-13-4-3-10(14)6-12(13)9(2)16/h3-6,9,16H,7H2,1-2H3/t9-/m0/s1. The lowest BCUT2D eigenvalue weighted by Crippen LogP contribution is -2.01. The zero-order chi connectivity index (χ0) is 13.1. The predicted molar refractivity (Wildman–Crippen MR) is 62.6 cm³/mol. The van der Waals surface area contributed by atoms with Crippen LogP contribution >= 0.6 is 0 Å². The third-order valence-electron chi connectivity index (χ3n) is 2.47. The van der Waals surface area contributed by atoms with Gasteiger partial charge < -0.3 is 14.4 Å². The van der Waals surface area contributed by atoms with E-state index in [0.29, 0.717) is 22.8 Å². The predicted octanol–water partition coefficient (Wildman–Crippen LogP) is 2.75. The second-order valence-electron chi connectivity index (χ2n) is 4.08. The molecule has 1 aromatic carbocycles. The van der Waals surface area contributed by atoms with Gasteiger partial charge in [-0.1, -0.05) is 5.16 Å². The fourth-order valence-corrected chi connectivity index (χ4v) is 1.61. The molecule has 0 saturated carbocycles. The smallest absolute Gasteiger partial charge is 0.134 e. The summed E-state index contributed by atoms with van der Waals surface area (Å²) in [5.74, 6) is 0.728. The Hall–Kier alpha value is -1.88. The van der Waals surface area contributed by atoms with Gasteiger partial charge in [-0.15, -0.1) is 0 Å². The van der Waals surface area contributed by atoms with Gasteiger partial charge in [0.25, 0.3) is 0 Å². The summed E-state index contributed by atoms with van der Waals surface area (Å²) in [6.07, 6.45) is -0.797. The van der Waals surface area contributed by atoms with Crippen LogP contribution < -0.4 is 4.74 Å². The van der Waals surface area contributed by atoms with Crippen LogP contribution in [0.2, 0.25) is 0 Å². The molecule has 96 valence electrons. The first-order chi connectivity index (χ1) is 8.56. The molecule has 0 unspecified atom stereocenters. The van der Waals surface area contributed by atoms with Crippen molar-refractivity contribution in [3.63, 3.8) is 0 Å². The third kappa shape index (κ3) is 2.87. The van der Waals surface area contributed by atoms with E-state index in [2.05, 4.69) is 5.16 Å². The number of aromatic nitrogens is 1. The lowest BCUT2D eigenvalue weighted by atomic mass is 10.1. The fraction of sp³-hybridized carbons (Fsp3) is 0.308. The zero-order valence-corrected chi connectivity index (χ0v) is 10.2. The van der Waals surface area contributed by atoms with Gasteiger partial charge in [0.1, 0.15) is 29.6 Å². The molecule has 2 aromatic rings. The molecule has 0 fully saturated rings. The molecule has 4 nitrogen and oxygen atoms in total. The number of aryl methyl sites for hydroxylation is 1. The highest BCUT2D eigenvalue weighted by Crippen LogP contribution is 2.26. The van der Waals surface area contributed by atoms with Crippen LogP contribution in [0.25, 0.3) is 0 Å². The number of aliphatic hydroxyl groups excluding tert-OH is 1. The highest BCUT2D eigenvalue weighted by atomic mass is 19.1. The number of benzene rings is 1. The summed E-state index contributed by atoms with van der Waals surface area (Å²) in [7, 11) is 0. The fourth-order valence-electron chi connectivity index (χ4n) is 1.61. The van der Waals surface area contributed by atoms with Crippen molar-refractivity contribution in [1.82, 2.24) is 5.16 Å². The Morgan fingerprint density at radius 1 is 1.44 bits per heavy atom. The summed E-state index contributed by atoms with van der Waals surface area (Å²) in [5.41, 5.74) is 1.06. The summed E-state index contributed by atoms with van der Waals surface area (Å²) in [4.78, 5) is 0. The minimum absolute atomic E-state index is 0.211. The normalized spacial score (nSPS) is 12.4. The van der Waals surface area contributed by atoms with Crippen molar-refractivity contribution in [3.8, 4) is 5.75 Å². The van der Waals surface area contributed by atoms with Crippen LogP contribution in [0, 0.1) is 12.7 Å². The van der Waals surface area contributed by atoms with Crippen molar-refractivity contribution >= 4 is 0 Å². The molecule has 0 saturated heterocycles. The Morgan fingerprint density at radius 2 is 2.22 bits per heavy atom. The number of halogens is 1. The summed E-state index contributed by atoms with van der Waals surface area (Å²) >= 11 is 0. The van der Waals surface area contributed by atoms with Gasteiger partial charge in [0, 0.05) is 11.6 Å². The van der Waals surface area contributed by atoms with E-state index in [9.17, 15) is 9.50 Å². The largest absolute Gasteiger partial charge is 0.487 e. The van der Waals surface area contributed by atoms with Crippen molar-refractivity contribution in [2.24, 2.45) is 0 Å². The van der Waals surface area contributed by atoms with Crippen molar-refractivity contribution in [3.05, 3.63) is 47.1 Å². The first-order valence-electron chi connectivity index (χ1n) is 5.59. The highest BCUT2D eigenvalue weighted by Gasteiger charge is 2.11. The maximum Gasteiger partial charge on any atom is 0.134 e. The van der Waals surface area contributed by atoms with E-state index in [1.807, 2.05) is 0 Å². The monoisotopic (exact) mass is 251 g/mol. The first-order valence-corrected chi connectivity index (χ1v) is 5.59. The lowest BCUT2D eigenvalue weighted by Gasteiger charge is -2.12. The molecule has 0 aliphatic heterocycles. The number of ether oxygens (including phenoxy) is 1. The van der Waals surface area contributed by atoms with E-state index < -0.39 is 11.9 Å². The Morgan fingerprint density at radius 3 is 2.83 bits per heavy atom. The van der Waals surface area contributed by atoms with Gasteiger partial charge in [0.15, 0.2) is 0 Å². The van der Waals surface area contributed by atoms with Crippen LogP contribution in [0.1, 0.15) is 30.0 Å². The number of hydrogen-bond acceptors (Lipinski definition) is 4. The molecule has 0 aliphatic carbocycles. The molecule has 0 bridgehead atoms. The topological polar surface area (TPSA) is 55.5 Å². The second-order valence-corrected chi connectivity index (χ2v) is 4.08. The van der Waals surface area contributed by atoms with Crippen LogP contribution in [0.4, 0.5) is 4.39 Å². The highest BCUT2D eigenvalue weighted by molar-refractivity contribution is 5.35. The molecule has 1 aromatic heterocycles. The zero-order valence-electron chi connectivity index (χ0n) is 10.2. The first kappa shape index (κ1) is 12.6. The van der Waals surface area contributed by atoms with E-state index in [-0.39, 0.29) is 6.61 Å². The van der Waals surface area contributed by atoms with E-state index >= 15 is 0 Å². The van der Waals surface area contributed by atoms with Gasteiger partial charge >= 0.3 is 0 Å². The Bertz CT molecular complexity index is 537. The number of aliphatic hydroxyl groups is 1. The number of nitrogens with zero attached hydrogens (tertiary/aromatic N) is 1.